The third-order valence-corrected chi connectivity index (χ3v) is 5.35. The molecule has 7 nitrogen and oxygen atoms in total. The number of carbonyl (C=O) groups excluding carboxylic acids is 1. The molecule has 0 spiro atoms. The number of hydrogen-bond donors (Lipinski definition) is 1. The molecule has 1 atom stereocenters. The zero-order valence-electron chi connectivity index (χ0n) is 16.4. The molecule has 1 N–H and O–H groups in total. The minimum Gasteiger partial charge on any atom is -0.497 e. The Morgan fingerprint density at radius 2 is 1.96 bits per heavy atom. The number of nitrogens with zero attached hydrogens (tertiary/aromatic N) is 4. The fourth-order valence-electron chi connectivity index (χ4n) is 3.67. The Hall–Kier alpha value is -2.93. The predicted molar refractivity (Wildman–Crippen MR) is 108 cm³/mol. The molecule has 1 saturated heterocycles. The van der Waals surface area contributed by atoms with Gasteiger partial charge >= 0.3 is 0 Å². The summed E-state index contributed by atoms with van der Waals surface area (Å²) in [5.41, 5.74) is 2.06. The number of rotatable bonds is 5. The molecule has 1 fully saturated rings. The Kier molecular flexibility index (Phi) is 5.00. The van der Waals surface area contributed by atoms with Crippen molar-refractivity contribution in [3.63, 3.8) is 0 Å². The number of nitrogens with one attached hydrogen (secondary N) is 1. The molecule has 1 unspecified atom stereocenters. The highest BCUT2D eigenvalue weighted by atomic mass is 16.5. The molecule has 0 saturated carbocycles. The summed E-state index contributed by atoms with van der Waals surface area (Å²) < 4.78 is 7.10. The number of carbonyl (C=O) groups is 1. The van der Waals surface area contributed by atoms with Crippen molar-refractivity contribution >= 4 is 17.2 Å². The highest BCUT2D eigenvalue weighted by molar-refractivity contribution is 6.04. The van der Waals surface area contributed by atoms with E-state index in [1.807, 2.05) is 40.9 Å². The largest absolute Gasteiger partial charge is 0.497 e. The SMILES string of the molecule is COc1ccc(NC(=O)c2ccc3nnc(C4CCN(C(C)C)C4)n3c2)cc1. The molecule has 1 amide bonds. The van der Waals surface area contributed by atoms with Gasteiger partial charge in [-0.25, -0.2) is 0 Å². The standard InChI is InChI=1S/C21H25N5O2/c1-14(2)25-11-10-15(12-25)20-24-23-19-9-4-16(13-26(19)20)21(27)22-17-5-7-18(28-3)8-6-17/h4-9,13-15H,10-12H2,1-3H3,(H,22,27). The molecular formula is C21H25N5O2. The molecule has 0 bridgehead atoms. The van der Waals surface area contributed by atoms with Crippen LogP contribution in [0.4, 0.5) is 5.69 Å². The summed E-state index contributed by atoms with van der Waals surface area (Å²) in [6.45, 7) is 6.47. The van der Waals surface area contributed by atoms with E-state index in [0.29, 0.717) is 17.5 Å². The van der Waals surface area contributed by atoms with E-state index in [9.17, 15) is 4.79 Å². The summed E-state index contributed by atoms with van der Waals surface area (Å²) in [5.74, 6) is 1.84. The second-order valence-electron chi connectivity index (χ2n) is 7.46. The molecular weight excluding hydrogens is 354 g/mol. The van der Waals surface area contributed by atoms with Crippen LogP contribution in [0.5, 0.6) is 5.75 Å². The van der Waals surface area contributed by atoms with Crippen LogP contribution in [0.3, 0.4) is 0 Å². The molecule has 1 aromatic carbocycles. The fraction of sp³-hybridized carbons (Fsp3) is 0.381. The van der Waals surface area contributed by atoms with Gasteiger partial charge in [-0.2, -0.15) is 0 Å². The van der Waals surface area contributed by atoms with Crippen molar-refractivity contribution in [2.24, 2.45) is 0 Å². The molecule has 1 aliphatic rings. The van der Waals surface area contributed by atoms with Gasteiger partial charge in [0.15, 0.2) is 5.65 Å². The molecule has 3 heterocycles. The Balaban J connectivity index is 1.56. The minimum absolute atomic E-state index is 0.165. The van der Waals surface area contributed by atoms with Crippen LogP contribution in [0.25, 0.3) is 5.65 Å². The quantitative estimate of drug-likeness (QED) is 0.737. The van der Waals surface area contributed by atoms with Gasteiger partial charge in [-0.1, -0.05) is 0 Å². The smallest absolute Gasteiger partial charge is 0.257 e. The summed E-state index contributed by atoms with van der Waals surface area (Å²) >= 11 is 0. The Morgan fingerprint density at radius 1 is 1.18 bits per heavy atom. The topological polar surface area (TPSA) is 71.8 Å². The lowest BCUT2D eigenvalue weighted by atomic mass is 10.1. The maximum absolute atomic E-state index is 12.7. The normalized spacial score (nSPS) is 17.4. The minimum atomic E-state index is -0.165. The van der Waals surface area contributed by atoms with E-state index in [0.717, 1.165) is 42.4 Å². The number of aromatic nitrogens is 3. The molecule has 1 aliphatic heterocycles. The summed E-state index contributed by atoms with van der Waals surface area (Å²) in [6.07, 6.45) is 2.89. The average molecular weight is 379 g/mol. The van der Waals surface area contributed by atoms with Crippen LogP contribution in [-0.2, 0) is 0 Å². The molecule has 146 valence electrons. The van der Waals surface area contributed by atoms with Crippen molar-refractivity contribution in [1.82, 2.24) is 19.5 Å². The lowest BCUT2D eigenvalue weighted by Crippen LogP contribution is -2.28. The number of anilines is 1. The van der Waals surface area contributed by atoms with Crippen molar-refractivity contribution in [2.75, 3.05) is 25.5 Å². The first-order valence-corrected chi connectivity index (χ1v) is 9.59. The van der Waals surface area contributed by atoms with E-state index in [1.165, 1.54) is 0 Å². The molecule has 7 heteroatoms. The van der Waals surface area contributed by atoms with Gasteiger partial charge in [0.25, 0.3) is 5.91 Å². The van der Waals surface area contributed by atoms with Gasteiger partial charge < -0.3 is 15.0 Å². The first kappa shape index (κ1) is 18.4. The molecule has 28 heavy (non-hydrogen) atoms. The molecule has 4 rings (SSSR count). The highest BCUT2D eigenvalue weighted by Gasteiger charge is 2.29. The van der Waals surface area contributed by atoms with Crippen molar-refractivity contribution in [1.29, 1.82) is 0 Å². The van der Waals surface area contributed by atoms with Crippen molar-refractivity contribution < 1.29 is 9.53 Å². The number of benzene rings is 1. The van der Waals surface area contributed by atoms with E-state index < -0.39 is 0 Å². The third-order valence-electron chi connectivity index (χ3n) is 5.35. The average Bonchev–Trinajstić information content (AvgIpc) is 3.35. The van der Waals surface area contributed by atoms with Gasteiger partial charge in [0.2, 0.25) is 0 Å². The lowest BCUT2D eigenvalue weighted by Gasteiger charge is -2.19. The van der Waals surface area contributed by atoms with Gasteiger partial charge in [-0.05, 0) is 63.2 Å². The molecule has 3 aromatic rings. The van der Waals surface area contributed by atoms with Gasteiger partial charge in [0.05, 0.1) is 12.7 Å². The zero-order chi connectivity index (χ0) is 19.7. The van der Waals surface area contributed by atoms with Gasteiger partial charge in [0.1, 0.15) is 11.6 Å². The predicted octanol–water partition coefficient (Wildman–Crippen LogP) is 3.19. The van der Waals surface area contributed by atoms with E-state index in [2.05, 4.69) is 34.3 Å². The maximum Gasteiger partial charge on any atom is 0.257 e. The lowest BCUT2D eigenvalue weighted by molar-refractivity contribution is 0.102. The number of hydrogen-bond acceptors (Lipinski definition) is 5. The van der Waals surface area contributed by atoms with Gasteiger partial charge in [-0.3, -0.25) is 9.20 Å². The third kappa shape index (κ3) is 3.57. The summed E-state index contributed by atoms with van der Waals surface area (Å²) in [4.78, 5) is 15.2. The van der Waals surface area contributed by atoms with Crippen LogP contribution in [0.1, 0.15) is 42.4 Å². The fourth-order valence-corrected chi connectivity index (χ4v) is 3.67. The number of ether oxygens (including phenoxy) is 1. The van der Waals surface area contributed by atoms with Crippen LogP contribution in [-0.4, -0.2) is 51.6 Å². The second-order valence-corrected chi connectivity index (χ2v) is 7.46. The summed E-state index contributed by atoms with van der Waals surface area (Å²) in [6, 6.07) is 11.4. The zero-order valence-corrected chi connectivity index (χ0v) is 16.4. The van der Waals surface area contributed by atoms with E-state index in [4.69, 9.17) is 4.74 Å². The number of likely N-dealkylation sites (tertiary alicyclic amines) is 1. The monoisotopic (exact) mass is 379 g/mol. The van der Waals surface area contributed by atoms with E-state index >= 15 is 0 Å². The van der Waals surface area contributed by atoms with Crippen LogP contribution >= 0.6 is 0 Å². The second kappa shape index (κ2) is 7.59. The van der Waals surface area contributed by atoms with Crippen LogP contribution in [0.2, 0.25) is 0 Å². The first-order valence-electron chi connectivity index (χ1n) is 9.59. The first-order chi connectivity index (χ1) is 13.5. The van der Waals surface area contributed by atoms with E-state index in [-0.39, 0.29) is 5.91 Å². The highest BCUT2D eigenvalue weighted by Crippen LogP contribution is 2.27. The Labute approximate surface area is 164 Å². The number of amides is 1. The summed E-state index contributed by atoms with van der Waals surface area (Å²) in [7, 11) is 1.62. The van der Waals surface area contributed by atoms with Gasteiger partial charge in [0, 0.05) is 30.4 Å². The van der Waals surface area contributed by atoms with Crippen LogP contribution < -0.4 is 10.1 Å². The summed E-state index contributed by atoms with van der Waals surface area (Å²) in [5, 5.41) is 11.6. The van der Waals surface area contributed by atoms with E-state index in [1.54, 1.807) is 13.2 Å². The molecule has 0 radical (unpaired) electrons. The molecule has 0 aliphatic carbocycles. The maximum atomic E-state index is 12.7. The Bertz CT molecular complexity index is 980. The van der Waals surface area contributed by atoms with Crippen molar-refractivity contribution in [3.05, 3.63) is 54.0 Å². The van der Waals surface area contributed by atoms with Crippen LogP contribution in [0, 0.1) is 0 Å². The van der Waals surface area contributed by atoms with Crippen molar-refractivity contribution in [3.8, 4) is 5.75 Å². The van der Waals surface area contributed by atoms with Crippen molar-refractivity contribution in [2.45, 2.75) is 32.2 Å². The van der Waals surface area contributed by atoms with Crippen LogP contribution in [0.15, 0.2) is 42.6 Å². The number of fused-ring (bicyclic) bond motifs is 1. The van der Waals surface area contributed by atoms with Gasteiger partial charge in [-0.15, -0.1) is 10.2 Å². The number of methoxy groups -OCH3 is 1. The Morgan fingerprint density at radius 3 is 2.64 bits per heavy atom. The number of pyridine rings is 1. The molecule has 2 aromatic heterocycles.